The lowest BCUT2D eigenvalue weighted by Crippen LogP contribution is -2.57. The quantitative estimate of drug-likeness (QED) is 0.794. The molecule has 1 aliphatic heterocycles. The van der Waals surface area contributed by atoms with Crippen molar-refractivity contribution < 1.29 is 18.0 Å². The molecule has 1 amide bonds. The van der Waals surface area contributed by atoms with Crippen LogP contribution in [0.2, 0.25) is 0 Å². The van der Waals surface area contributed by atoms with E-state index >= 15 is 0 Å². The first kappa shape index (κ1) is 19.4. The molecule has 0 aliphatic carbocycles. The maximum Gasteiger partial charge on any atom is 0.405 e. The largest absolute Gasteiger partial charge is 0.405 e. The number of piperazine rings is 1. The van der Waals surface area contributed by atoms with Crippen LogP contribution in [-0.4, -0.2) is 65.5 Å². The van der Waals surface area contributed by atoms with Crippen molar-refractivity contribution in [2.75, 3.05) is 32.7 Å². The molecule has 1 aliphatic rings. The maximum atomic E-state index is 13.3. The summed E-state index contributed by atoms with van der Waals surface area (Å²) in [5.41, 5.74) is 1.49. The fourth-order valence-corrected chi connectivity index (χ4v) is 3.08. The maximum absolute atomic E-state index is 13.3. The first-order chi connectivity index (χ1) is 12.9. The lowest BCUT2D eigenvalue weighted by molar-refractivity contribution is -0.184. The zero-order valence-corrected chi connectivity index (χ0v) is 14.7. The normalized spacial score (nSPS) is 16.9. The van der Waals surface area contributed by atoms with Gasteiger partial charge in [0.1, 0.15) is 6.04 Å². The number of hydrogen-bond donors (Lipinski definition) is 2. The summed E-state index contributed by atoms with van der Waals surface area (Å²) in [6, 6.07) is 7.71. The summed E-state index contributed by atoms with van der Waals surface area (Å²) in [5.74, 6) is -0.452. The molecular weight excluding hydrogens is 359 g/mol. The molecule has 1 unspecified atom stereocenters. The van der Waals surface area contributed by atoms with Gasteiger partial charge in [-0.15, -0.1) is 0 Å². The SMILES string of the molecule is O=C(Cc1cnn(-c2ccccc2)c1)NCC(N1CCNCC1)C(F)(F)F. The number of amides is 1. The number of carbonyl (C=O) groups excluding carboxylic acids is 1. The Morgan fingerprint density at radius 3 is 2.59 bits per heavy atom. The number of rotatable bonds is 6. The summed E-state index contributed by atoms with van der Waals surface area (Å²) < 4.78 is 41.7. The minimum Gasteiger partial charge on any atom is -0.354 e. The Morgan fingerprint density at radius 1 is 1.22 bits per heavy atom. The van der Waals surface area contributed by atoms with E-state index in [1.54, 1.807) is 17.1 Å². The number of benzene rings is 1. The van der Waals surface area contributed by atoms with E-state index in [4.69, 9.17) is 0 Å². The predicted octanol–water partition coefficient (Wildman–Crippen LogP) is 1.37. The van der Waals surface area contributed by atoms with Gasteiger partial charge in [0.2, 0.25) is 5.91 Å². The molecule has 1 saturated heterocycles. The van der Waals surface area contributed by atoms with Crippen molar-refractivity contribution in [3.05, 3.63) is 48.3 Å². The van der Waals surface area contributed by atoms with Gasteiger partial charge in [-0.05, 0) is 17.7 Å². The Labute approximate surface area is 155 Å². The highest BCUT2D eigenvalue weighted by atomic mass is 19.4. The van der Waals surface area contributed by atoms with E-state index in [0.29, 0.717) is 31.7 Å². The van der Waals surface area contributed by atoms with Crippen molar-refractivity contribution >= 4 is 5.91 Å². The number of nitrogens with one attached hydrogen (secondary N) is 2. The van der Waals surface area contributed by atoms with E-state index in [1.165, 1.54) is 4.90 Å². The van der Waals surface area contributed by atoms with E-state index in [0.717, 1.165) is 5.69 Å². The van der Waals surface area contributed by atoms with Gasteiger partial charge in [-0.1, -0.05) is 18.2 Å². The highest BCUT2D eigenvalue weighted by molar-refractivity contribution is 5.78. The van der Waals surface area contributed by atoms with Gasteiger partial charge in [-0.3, -0.25) is 9.69 Å². The van der Waals surface area contributed by atoms with Gasteiger partial charge in [0.15, 0.2) is 0 Å². The first-order valence-corrected chi connectivity index (χ1v) is 8.80. The zero-order valence-electron chi connectivity index (χ0n) is 14.7. The molecule has 1 atom stereocenters. The van der Waals surface area contributed by atoms with E-state index < -0.39 is 24.7 Å². The molecule has 1 aromatic carbocycles. The number of hydrogen-bond acceptors (Lipinski definition) is 4. The van der Waals surface area contributed by atoms with Gasteiger partial charge in [-0.2, -0.15) is 18.3 Å². The molecule has 0 spiro atoms. The second-order valence-electron chi connectivity index (χ2n) is 6.45. The number of nitrogens with zero attached hydrogens (tertiary/aromatic N) is 3. The topological polar surface area (TPSA) is 62.2 Å². The zero-order chi connectivity index (χ0) is 19.3. The van der Waals surface area contributed by atoms with Crippen molar-refractivity contribution in [3.63, 3.8) is 0 Å². The Hall–Kier alpha value is -2.39. The summed E-state index contributed by atoms with van der Waals surface area (Å²) >= 11 is 0. The number of carbonyl (C=O) groups is 1. The first-order valence-electron chi connectivity index (χ1n) is 8.80. The van der Waals surface area contributed by atoms with Gasteiger partial charge in [0, 0.05) is 38.9 Å². The van der Waals surface area contributed by atoms with Crippen LogP contribution in [0.3, 0.4) is 0 Å². The van der Waals surface area contributed by atoms with Crippen LogP contribution in [0.1, 0.15) is 5.56 Å². The molecule has 2 heterocycles. The highest BCUT2D eigenvalue weighted by Gasteiger charge is 2.43. The van der Waals surface area contributed by atoms with Crippen molar-refractivity contribution in [1.82, 2.24) is 25.3 Å². The van der Waals surface area contributed by atoms with Crippen LogP contribution in [-0.2, 0) is 11.2 Å². The Kier molecular flexibility index (Phi) is 6.12. The predicted molar refractivity (Wildman–Crippen MR) is 94.6 cm³/mol. The number of para-hydroxylation sites is 1. The van der Waals surface area contributed by atoms with Crippen LogP contribution in [0, 0.1) is 0 Å². The average Bonchev–Trinajstić information content (AvgIpc) is 3.11. The number of alkyl halides is 3. The lowest BCUT2D eigenvalue weighted by atomic mass is 10.2. The number of aromatic nitrogens is 2. The van der Waals surface area contributed by atoms with E-state index in [9.17, 15) is 18.0 Å². The fourth-order valence-electron chi connectivity index (χ4n) is 3.08. The van der Waals surface area contributed by atoms with Gasteiger partial charge in [0.05, 0.1) is 18.3 Å². The molecule has 0 radical (unpaired) electrons. The molecule has 2 aromatic rings. The van der Waals surface area contributed by atoms with Gasteiger partial charge in [0.25, 0.3) is 0 Å². The second kappa shape index (κ2) is 8.53. The Bertz CT molecular complexity index is 741. The molecule has 1 aromatic heterocycles. The summed E-state index contributed by atoms with van der Waals surface area (Å²) in [7, 11) is 0. The Morgan fingerprint density at radius 2 is 1.93 bits per heavy atom. The van der Waals surface area contributed by atoms with E-state index in [-0.39, 0.29) is 6.42 Å². The second-order valence-corrected chi connectivity index (χ2v) is 6.45. The molecule has 3 rings (SSSR count). The Balaban J connectivity index is 1.56. The summed E-state index contributed by atoms with van der Waals surface area (Å²) in [6.45, 7) is 1.20. The third-order valence-electron chi connectivity index (χ3n) is 4.48. The molecule has 0 saturated carbocycles. The average molecular weight is 381 g/mol. The van der Waals surface area contributed by atoms with Crippen LogP contribution >= 0.6 is 0 Å². The van der Waals surface area contributed by atoms with Crippen LogP contribution in [0.5, 0.6) is 0 Å². The third kappa shape index (κ3) is 5.30. The van der Waals surface area contributed by atoms with Gasteiger partial charge in [-0.25, -0.2) is 4.68 Å². The van der Waals surface area contributed by atoms with Crippen molar-refractivity contribution in [1.29, 1.82) is 0 Å². The van der Waals surface area contributed by atoms with Crippen molar-refractivity contribution in [2.24, 2.45) is 0 Å². The summed E-state index contributed by atoms with van der Waals surface area (Å²) in [5, 5.41) is 9.64. The molecule has 9 heteroatoms. The van der Waals surface area contributed by atoms with Crippen molar-refractivity contribution in [3.8, 4) is 5.69 Å². The molecule has 146 valence electrons. The van der Waals surface area contributed by atoms with E-state index in [2.05, 4.69) is 15.7 Å². The molecular formula is C18H22F3N5O. The van der Waals surface area contributed by atoms with E-state index in [1.807, 2.05) is 30.3 Å². The molecule has 2 N–H and O–H groups in total. The number of halogens is 3. The highest BCUT2D eigenvalue weighted by Crippen LogP contribution is 2.24. The molecule has 1 fully saturated rings. The van der Waals surface area contributed by atoms with Crippen LogP contribution in [0.4, 0.5) is 13.2 Å². The minimum atomic E-state index is -4.39. The van der Waals surface area contributed by atoms with Crippen LogP contribution in [0.25, 0.3) is 5.69 Å². The van der Waals surface area contributed by atoms with Crippen LogP contribution in [0.15, 0.2) is 42.7 Å². The molecule has 27 heavy (non-hydrogen) atoms. The lowest BCUT2D eigenvalue weighted by Gasteiger charge is -2.35. The van der Waals surface area contributed by atoms with Gasteiger partial charge >= 0.3 is 6.18 Å². The standard InChI is InChI=1S/C18H22F3N5O/c19-18(20,21)16(25-8-6-22-7-9-25)12-23-17(27)10-14-11-24-26(13-14)15-4-2-1-3-5-15/h1-5,11,13,16,22H,6-10,12H2,(H,23,27). The monoisotopic (exact) mass is 381 g/mol. The molecule has 6 nitrogen and oxygen atoms in total. The van der Waals surface area contributed by atoms with Crippen LogP contribution < -0.4 is 10.6 Å². The third-order valence-corrected chi connectivity index (χ3v) is 4.48. The fraction of sp³-hybridized carbons (Fsp3) is 0.444. The molecule has 0 bridgehead atoms. The smallest absolute Gasteiger partial charge is 0.354 e. The summed E-state index contributed by atoms with van der Waals surface area (Å²) in [4.78, 5) is 13.5. The van der Waals surface area contributed by atoms with Gasteiger partial charge < -0.3 is 10.6 Å². The minimum absolute atomic E-state index is 0.0149. The summed E-state index contributed by atoms with van der Waals surface area (Å²) in [6.07, 6.45) is -1.15. The van der Waals surface area contributed by atoms with Crippen molar-refractivity contribution in [2.45, 2.75) is 18.6 Å².